The number of nitrogens with zero attached hydrogens (tertiary/aromatic N) is 3. The zero-order valence-corrected chi connectivity index (χ0v) is 14.1. The van der Waals surface area contributed by atoms with Crippen molar-refractivity contribution in [1.29, 1.82) is 0 Å². The number of aromatic nitrogens is 1. The lowest BCUT2D eigenvalue weighted by molar-refractivity contribution is 0.261. The van der Waals surface area contributed by atoms with Crippen molar-refractivity contribution in [3.63, 3.8) is 0 Å². The summed E-state index contributed by atoms with van der Waals surface area (Å²) in [6.07, 6.45) is 4.24. The maximum Gasteiger partial charge on any atom is 0.0416 e. The molecule has 0 N–H and O–H groups in total. The summed E-state index contributed by atoms with van der Waals surface area (Å²) in [6.45, 7) is 5.83. The molecule has 2 aromatic rings. The Hall–Kier alpha value is -1.71. The minimum atomic E-state index is 0.799. The Morgan fingerprint density at radius 1 is 1.13 bits per heavy atom. The molecule has 1 aromatic heterocycles. The van der Waals surface area contributed by atoms with Gasteiger partial charge in [0, 0.05) is 44.5 Å². The number of pyridine rings is 1. The summed E-state index contributed by atoms with van der Waals surface area (Å²) >= 11 is 0. The van der Waals surface area contributed by atoms with Gasteiger partial charge in [-0.2, -0.15) is 0 Å². The third kappa shape index (κ3) is 5.15. The Labute approximate surface area is 140 Å². The average Bonchev–Trinajstić information content (AvgIpc) is 3.02. The van der Waals surface area contributed by atoms with Crippen LogP contribution in [0.25, 0.3) is 0 Å². The minimum Gasteiger partial charge on any atom is -0.306 e. The van der Waals surface area contributed by atoms with E-state index >= 15 is 0 Å². The van der Waals surface area contributed by atoms with Gasteiger partial charge < -0.3 is 4.90 Å². The Morgan fingerprint density at radius 2 is 1.96 bits per heavy atom. The quantitative estimate of drug-likeness (QED) is 0.783. The first-order valence-electron chi connectivity index (χ1n) is 8.64. The molecule has 23 heavy (non-hydrogen) atoms. The number of hydrogen-bond acceptors (Lipinski definition) is 3. The predicted octanol–water partition coefficient (Wildman–Crippen LogP) is 3.08. The van der Waals surface area contributed by atoms with E-state index < -0.39 is 0 Å². The lowest BCUT2D eigenvalue weighted by Crippen LogP contribution is -2.29. The average molecular weight is 309 g/mol. The van der Waals surface area contributed by atoms with E-state index in [1.165, 1.54) is 37.3 Å². The van der Waals surface area contributed by atoms with E-state index in [1.54, 1.807) is 0 Å². The van der Waals surface area contributed by atoms with Crippen molar-refractivity contribution in [2.45, 2.75) is 19.4 Å². The molecular formula is C20H27N3. The van der Waals surface area contributed by atoms with Gasteiger partial charge in [-0.15, -0.1) is 0 Å². The molecule has 1 atom stereocenters. The molecule has 0 amide bonds. The molecule has 1 aromatic carbocycles. The molecule has 1 saturated heterocycles. The van der Waals surface area contributed by atoms with E-state index in [2.05, 4.69) is 64.3 Å². The van der Waals surface area contributed by atoms with Gasteiger partial charge in [-0.1, -0.05) is 36.4 Å². The normalized spacial score (nSPS) is 18.6. The molecule has 1 fully saturated rings. The molecule has 0 bridgehead atoms. The minimum absolute atomic E-state index is 0.799. The highest BCUT2D eigenvalue weighted by atomic mass is 15.2. The fourth-order valence-corrected chi connectivity index (χ4v) is 3.43. The van der Waals surface area contributed by atoms with Crippen molar-refractivity contribution in [2.75, 3.05) is 33.2 Å². The largest absolute Gasteiger partial charge is 0.306 e. The van der Waals surface area contributed by atoms with Crippen LogP contribution < -0.4 is 0 Å². The van der Waals surface area contributed by atoms with Crippen LogP contribution in [0.5, 0.6) is 0 Å². The van der Waals surface area contributed by atoms with E-state index in [9.17, 15) is 0 Å². The topological polar surface area (TPSA) is 19.4 Å². The zero-order valence-electron chi connectivity index (χ0n) is 14.1. The summed E-state index contributed by atoms with van der Waals surface area (Å²) in [5.41, 5.74) is 2.62. The van der Waals surface area contributed by atoms with Gasteiger partial charge >= 0.3 is 0 Å². The molecule has 122 valence electrons. The van der Waals surface area contributed by atoms with Gasteiger partial charge in [0.15, 0.2) is 0 Å². The van der Waals surface area contributed by atoms with Crippen molar-refractivity contribution < 1.29 is 0 Å². The van der Waals surface area contributed by atoms with Crippen LogP contribution in [-0.4, -0.2) is 48.0 Å². The first-order chi connectivity index (χ1) is 11.3. The lowest BCUT2D eigenvalue weighted by Gasteiger charge is -2.21. The van der Waals surface area contributed by atoms with Crippen LogP contribution in [0.3, 0.4) is 0 Å². The van der Waals surface area contributed by atoms with Crippen molar-refractivity contribution in [3.05, 3.63) is 66.0 Å². The van der Waals surface area contributed by atoms with Crippen LogP contribution in [0.4, 0.5) is 0 Å². The molecule has 1 aliphatic rings. The van der Waals surface area contributed by atoms with E-state index in [0.717, 1.165) is 25.4 Å². The Balaban J connectivity index is 1.39. The van der Waals surface area contributed by atoms with Crippen molar-refractivity contribution in [1.82, 2.24) is 14.8 Å². The number of benzene rings is 1. The third-order valence-electron chi connectivity index (χ3n) is 4.66. The van der Waals surface area contributed by atoms with Crippen LogP contribution in [0.1, 0.15) is 17.7 Å². The van der Waals surface area contributed by atoms with Gasteiger partial charge in [0.1, 0.15) is 0 Å². The highest BCUT2D eigenvalue weighted by molar-refractivity contribution is 5.14. The number of likely N-dealkylation sites (N-methyl/N-ethyl adjacent to an activating group) is 1. The predicted molar refractivity (Wildman–Crippen MR) is 95.3 cm³/mol. The number of likely N-dealkylation sites (tertiary alicyclic amines) is 1. The van der Waals surface area contributed by atoms with Gasteiger partial charge in [-0.3, -0.25) is 9.88 Å². The highest BCUT2D eigenvalue weighted by Crippen LogP contribution is 2.19. The first-order valence-corrected chi connectivity index (χ1v) is 8.64. The molecular weight excluding hydrogens is 282 g/mol. The van der Waals surface area contributed by atoms with Crippen molar-refractivity contribution in [2.24, 2.45) is 5.92 Å². The number of hydrogen-bond donors (Lipinski definition) is 0. The second kappa shape index (κ2) is 8.23. The SMILES string of the molecule is CN(CCc1ccccn1)C[C@@H]1CCN(Cc2ccccc2)C1. The number of rotatable bonds is 7. The van der Waals surface area contributed by atoms with Crippen LogP contribution >= 0.6 is 0 Å². The van der Waals surface area contributed by atoms with E-state index in [0.29, 0.717) is 0 Å². The maximum atomic E-state index is 4.41. The van der Waals surface area contributed by atoms with Gasteiger partial charge in [0.25, 0.3) is 0 Å². The Bertz CT molecular complexity index is 570. The molecule has 3 heteroatoms. The highest BCUT2D eigenvalue weighted by Gasteiger charge is 2.23. The summed E-state index contributed by atoms with van der Waals surface area (Å²) in [5.74, 6) is 0.799. The van der Waals surface area contributed by atoms with Crippen molar-refractivity contribution in [3.8, 4) is 0 Å². The molecule has 2 heterocycles. The summed E-state index contributed by atoms with van der Waals surface area (Å²) in [6, 6.07) is 17.0. The van der Waals surface area contributed by atoms with Crippen LogP contribution in [0.15, 0.2) is 54.7 Å². The molecule has 0 spiro atoms. The molecule has 0 aliphatic carbocycles. The standard InChI is InChI=1S/C20H27N3/c1-22(13-11-20-9-5-6-12-21-20)15-19-10-14-23(17-19)16-18-7-3-2-4-8-18/h2-9,12,19H,10-11,13-17H2,1H3/t19-/m0/s1. The van der Waals surface area contributed by atoms with Crippen LogP contribution in [-0.2, 0) is 13.0 Å². The van der Waals surface area contributed by atoms with Gasteiger partial charge in [0.2, 0.25) is 0 Å². The molecule has 3 rings (SSSR count). The third-order valence-corrected chi connectivity index (χ3v) is 4.66. The second-order valence-corrected chi connectivity index (χ2v) is 6.71. The van der Waals surface area contributed by atoms with Crippen LogP contribution in [0.2, 0.25) is 0 Å². The summed E-state index contributed by atoms with van der Waals surface area (Å²) < 4.78 is 0. The first kappa shape index (κ1) is 16.2. The Morgan fingerprint density at radius 3 is 2.74 bits per heavy atom. The van der Waals surface area contributed by atoms with Gasteiger partial charge in [0.05, 0.1) is 0 Å². The molecule has 0 radical (unpaired) electrons. The fourth-order valence-electron chi connectivity index (χ4n) is 3.43. The van der Waals surface area contributed by atoms with Gasteiger partial charge in [-0.05, 0) is 43.6 Å². The second-order valence-electron chi connectivity index (χ2n) is 6.71. The maximum absolute atomic E-state index is 4.41. The molecule has 1 aliphatic heterocycles. The van der Waals surface area contributed by atoms with E-state index in [4.69, 9.17) is 0 Å². The summed E-state index contributed by atoms with van der Waals surface area (Å²) in [5, 5.41) is 0. The molecule has 0 unspecified atom stereocenters. The van der Waals surface area contributed by atoms with E-state index in [-0.39, 0.29) is 0 Å². The van der Waals surface area contributed by atoms with Crippen molar-refractivity contribution >= 4 is 0 Å². The van der Waals surface area contributed by atoms with Crippen LogP contribution in [0, 0.1) is 5.92 Å². The zero-order chi connectivity index (χ0) is 15.9. The molecule has 0 saturated carbocycles. The summed E-state index contributed by atoms with van der Waals surface area (Å²) in [4.78, 5) is 9.46. The Kier molecular flexibility index (Phi) is 5.78. The van der Waals surface area contributed by atoms with E-state index in [1.807, 2.05) is 12.3 Å². The monoisotopic (exact) mass is 309 g/mol. The fraction of sp³-hybridized carbons (Fsp3) is 0.450. The van der Waals surface area contributed by atoms with Gasteiger partial charge in [-0.25, -0.2) is 0 Å². The summed E-state index contributed by atoms with van der Waals surface area (Å²) in [7, 11) is 2.24. The smallest absolute Gasteiger partial charge is 0.0416 e. The lowest BCUT2D eigenvalue weighted by atomic mass is 10.1. The molecule has 3 nitrogen and oxygen atoms in total.